The molecule has 3 fully saturated rings. The van der Waals surface area contributed by atoms with Gasteiger partial charge in [-0.3, -0.25) is 4.99 Å². The van der Waals surface area contributed by atoms with Gasteiger partial charge in [-0.15, -0.1) is 0 Å². The van der Waals surface area contributed by atoms with Crippen molar-refractivity contribution in [3.05, 3.63) is 0 Å². The normalized spacial score (nSPS) is 34.1. The predicted molar refractivity (Wildman–Crippen MR) is 91.5 cm³/mol. The number of nitrogens with one attached hydrogen (secondary N) is 1. The molecule has 1 aliphatic carbocycles. The molecule has 3 rings (SSSR count). The summed E-state index contributed by atoms with van der Waals surface area (Å²) in [6.07, 6.45) is 0.493. The van der Waals surface area contributed by atoms with Crippen LogP contribution in [0.15, 0.2) is 4.99 Å². The van der Waals surface area contributed by atoms with E-state index in [0.717, 1.165) is 58.1 Å². The lowest BCUT2D eigenvalue weighted by molar-refractivity contribution is -0.195. The lowest BCUT2D eigenvalue weighted by Gasteiger charge is -2.32. The van der Waals surface area contributed by atoms with E-state index in [1.54, 1.807) is 0 Å². The van der Waals surface area contributed by atoms with Crippen LogP contribution in [0.1, 0.15) is 45.4 Å². The number of hydrogen-bond donors (Lipinski definition) is 1. The van der Waals surface area contributed by atoms with Crippen molar-refractivity contribution in [3.63, 3.8) is 0 Å². The first-order chi connectivity index (χ1) is 11.9. The molecule has 144 valence electrons. The minimum Gasteiger partial charge on any atom is -0.381 e. The van der Waals surface area contributed by atoms with Gasteiger partial charge in [0, 0.05) is 38.2 Å². The van der Waals surface area contributed by atoms with Crippen molar-refractivity contribution in [2.24, 2.45) is 22.2 Å². The number of rotatable bonds is 3. The topological polar surface area (TPSA) is 36.9 Å². The molecule has 0 aromatic heterocycles. The zero-order valence-corrected chi connectivity index (χ0v) is 15.1. The molecular weight excluding hydrogens is 331 g/mol. The Morgan fingerprint density at radius 2 is 2.08 bits per heavy atom. The molecule has 0 aromatic rings. The van der Waals surface area contributed by atoms with Crippen LogP contribution in [-0.4, -0.2) is 56.4 Å². The molecule has 0 bridgehead atoms. The molecule has 2 heterocycles. The molecule has 4 nitrogen and oxygen atoms in total. The Morgan fingerprint density at radius 3 is 2.76 bits per heavy atom. The second-order valence-electron chi connectivity index (χ2n) is 7.86. The Bertz CT molecular complexity index is 475. The maximum atomic E-state index is 13.3. The number of nitrogens with zero attached hydrogens (tertiary/aromatic N) is 2. The standard InChI is InChI=1S/C18H30F3N3O/c1-2-22-16(24-9-7-17(12-24)8-10-25-13-17)23-11-14-5-3-4-6-15(14)18(19,20)21/h14-15H,2-13H2,1H3,(H,22,23). The first-order valence-corrected chi connectivity index (χ1v) is 9.61. The number of aliphatic imine (C=N–C) groups is 1. The van der Waals surface area contributed by atoms with E-state index in [1.807, 2.05) is 6.92 Å². The highest BCUT2D eigenvalue weighted by Gasteiger charge is 2.45. The van der Waals surface area contributed by atoms with Crippen LogP contribution in [0.4, 0.5) is 13.2 Å². The van der Waals surface area contributed by atoms with E-state index in [4.69, 9.17) is 4.74 Å². The highest BCUT2D eigenvalue weighted by atomic mass is 19.4. The summed E-state index contributed by atoms with van der Waals surface area (Å²) in [5.41, 5.74) is 0.218. The van der Waals surface area contributed by atoms with Crippen molar-refractivity contribution < 1.29 is 17.9 Å². The molecule has 25 heavy (non-hydrogen) atoms. The van der Waals surface area contributed by atoms with Crippen LogP contribution in [0.25, 0.3) is 0 Å². The molecule has 0 radical (unpaired) electrons. The van der Waals surface area contributed by atoms with Crippen molar-refractivity contribution in [2.45, 2.75) is 51.6 Å². The summed E-state index contributed by atoms with van der Waals surface area (Å²) >= 11 is 0. The number of guanidine groups is 1. The van der Waals surface area contributed by atoms with Crippen LogP contribution >= 0.6 is 0 Å². The third-order valence-electron chi connectivity index (χ3n) is 6.06. The Labute approximate surface area is 148 Å². The summed E-state index contributed by atoms with van der Waals surface area (Å²) in [7, 11) is 0. The lowest BCUT2D eigenvalue weighted by Crippen LogP contribution is -2.42. The monoisotopic (exact) mass is 361 g/mol. The average molecular weight is 361 g/mol. The van der Waals surface area contributed by atoms with E-state index in [-0.39, 0.29) is 24.3 Å². The SMILES string of the molecule is CCNC(=NCC1CCCCC1C(F)(F)F)N1CCC2(CCOC2)C1. The molecule has 3 unspecified atom stereocenters. The number of likely N-dealkylation sites (tertiary alicyclic amines) is 1. The Kier molecular flexibility index (Phi) is 5.81. The molecule has 0 amide bonds. The number of ether oxygens (including phenoxy) is 1. The van der Waals surface area contributed by atoms with Gasteiger partial charge in [0.05, 0.1) is 12.5 Å². The van der Waals surface area contributed by atoms with E-state index in [0.29, 0.717) is 12.8 Å². The quantitative estimate of drug-likeness (QED) is 0.618. The van der Waals surface area contributed by atoms with Crippen LogP contribution in [-0.2, 0) is 4.74 Å². The smallest absolute Gasteiger partial charge is 0.381 e. The fourth-order valence-electron chi connectivity index (χ4n) is 4.57. The van der Waals surface area contributed by atoms with Gasteiger partial charge >= 0.3 is 6.18 Å². The zero-order valence-electron chi connectivity index (χ0n) is 15.1. The third kappa shape index (κ3) is 4.41. The minimum atomic E-state index is -4.10. The zero-order chi connectivity index (χ0) is 17.9. The maximum Gasteiger partial charge on any atom is 0.392 e. The number of alkyl halides is 3. The van der Waals surface area contributed by atoms with Crippen LogP contribution in [0, 0.1) is 17.3 Å². The van der Waals surface area contributed by atoms with Gasteiger partial charge in [0.2, 0.25) is 0 Å². The molecule has 0 aromatic carbocycles. The van der Waals surface area contributed by atoms with Crippen LogP contribution < -0.4 is 5.32 Å². The van der Waals surface area contributed by atoms with Crippen molar-refractivity contribution in [1.29, 1.82) is 0 Å². The van der Waals surface area contributed by atoms with Gasteiger partial charge in [0.1, 0.15) is 0 Å². The van der Waals surface area contributed by atoms with E-state index >= 15 is 0 Å². The van der Waals surface area contributed by atoms with Gasteiger partial charge in [-0.25, -0.2) is 0 Å². The molecule has 7 heteroatoms. The molecule has 3 atom stereocenters. The van der Waals surface area contributed by atoms with E-state index in [2.05, 4.69) is 15.2 Å². The van der Waals surface area contributed by atoms with Crippen LogP contribution in [0.2, 0.25) is 0 Å². The van der Waals surface area contributed by atoms with Crippen molar-refractivity contribution in [3.8, 4) is 0 Å². The highest BCUT2D eigenvalue weighted by molar-refractivity contribution is 5.80. The second-order valence-corrected chi connectivity index (χ2v) is 7.86. The van der Waals surface area contributed by atoms with Crippen molar-refractivity contribution in [1.82, 2.24) is 10.2 Å². The minimum absolute atomic E-state index is 0.218. The fourth-order valence-corrected chi connectivity index (χ4v) is 4.57. The second kappa shape index (κ2) is 7.72. The Balaban J connectivity index is 1.65. The highest BCUT2D eigenvalue weighted by Crippen LogP contribution is 2.42. The summed E-state index contributed by atoms with van der Waals surface area (Å²) in [6, 6.07) is 0. The van der Waals surface area contributed by atoms with Gasteiger partial charge in [0.15, 0.2) is 5.96 Å². The fraction of sp³-hybridized carbons (Fsp3) is 0.944. The molecule has 1 saturated carbocycles. The Morgan fingerprint density at radius 1 is 1.28 bits per heavy atom. The Hall–Kier alpha value is -0.980. The van der Waals surface area contributed by atoms with E-state index in [1.165, 1.54) is 0 Å². The molecule has 1 N–H and O–H groups in total. The molecule has 2 saturated heterocycles. The summed E-state index contributed by atoms with van der Waals surface area (Å²) in [5.74, 6) is -0.799. The average Bonchev–Trinajstić information content (AvgIpc) is 3.21. The number of halogens is 3. The van der Waals surface area contributed by atoms with E-state index in [9.17, 15) is 13.2 Å². The first kappa shape index (κ1) is 18.8. The van der Waals surface area contributed by atoms with Crippen molar-refractivity contribution >= 4 is 5.96 Å². The van der Waals surface area contributed by atoms with Gasteiger partial charge in [-0.2, -0.15) is 13.2 Å². The van der Waals surface area contributed by atoms with Gasteiger partial charge in [-0.1, -0.05) is 12.8 Å². The van der Waals surface area contributed by atoms with Gasteiger partial charge < -0.3 is 15.0 Å². The third-order valence-corrected chi connectivity index (χ3v) is 6.06. The maximum absolute atomic E-state index is 13.3. The molecule has 3 aliphatic rings. The summed E-state index contributed by atoms with van der Waals surface area (Å²) in [6.45, 7) is 6.41. The molecule has 2 aliphatic heterocycles. The molecule has 1 spiro atoms. The van der Waals surface area contributed by atoms with Crippen LogP contribution in [0.3, 0.4) is 0 Å². The number of hydrogen-bond acceptors (Lipinski definition) is 2. The van der Waals surface area contributed by atoms with Crippen molar-refractivity contribution in [2.75, 3.05) is 39.4 Å². The van der Waals surface area contributed by atoms with Gasteiger partial charge in [-0.05, 0) is 38.5 Å². The summed E-state index contributed by atoms with van der Waals surface area (Å²) in [4.78, 5) is 6.84. The van der Waals surface area contributed by atoms with E-state index < -0.39 is 12.1 Å². The first-order valence-electron chi connectivity index (χ1n) is 9.61. The summed E-state index contributed by atoms with van der Waals surface area (Å²) < 4.78 is 45.4. The predicted octanol–water partition coefficient (Wildman–Crippen LogP) is 3.43. The van der Waals surface area contributed by atoms with Crippen LogP contribution in [0.5, 0.6) is 0 Å². The lowest BCUT2D eigenvalue weighted by atomic mass is 9.79. The summed E-state index contributed by atoms with van der Waals surface area (Å²) in [5, 5.41) is 3.28. The molecular formula is C18H30F3N3O. The van der Waals surface area contributed by atoms with Gasteiger partial charge in [0.25, 0.3) is 0 Å². The largest absolute Gasteiger partial charge is 0.392 e.